The smallest absolute Gasteiger partial charge is 0.322 e. The third kappa shape index (κ3) is 55.7. The minimum Gasteiger partial charge on any atom is -0.465 e. The number of unbranched alkanes of at least 4 members (excludes halogenated alkanes) is 16. The molecule has 38 heavy (non-hydrogen) atoms. The summed E-state index contributed by atoms with van der Waals surface area (Å²) in [6.45, 7) is 3.45. The van der Waals surface area contributed by atoms with Gasteiger partial charge in [-0.25, -0.2) is 0 Å². The molecule has 0 fully saturated rings. The Hall–Kier alpha value is -0.790. The van der Waals surface area contributed by atoms with Crippen LogP contribution in [0.15, 0.2) is 0 Å². The van der Waals surface area contributed by atoms with Crippen LogP contribution >= 0.6 is 0 Å². The van der Waals surface area contributed by atoms with Gasteiger partial charge in [0.15, 0.2) is 0 Å². The zero-order valence-electron chi connectivity index (χ0n) is 24.2. The maximum Gasteiger partial charge on any atom is 0.322 e. The highest BCUT2D eigenvalue weighted by Crippen LogP contribution is 2.13. The van der Waals surface area contributed by atoms with Gasteiger partial charge in [0.05, 0.1) is 19.1 Å². The van der Waals surface area contributed by atoms with Crippen molar-refractivity contribution < 1.29 is 35.5 Å². The lowest BCUT2D eigenvalue weighted by Crippen LogP contribution is -2.32. The van der Waals surface area contributed by atoms with Crippen molar-refractivity contribution in [3.05, 3.63) is 0 Å². The van der Waals surface area contributed by atoms with E-state index in [2.05, 4.69) is 6.92 Å². The largest absolute Gasteiger partial charge is 0.465 e. The zero-order chi connectivity index (χ0) is 29.7. The minimum atomic E-state index is -3.67. The Morgan fingerprint density at radius 3 is 1.29 bits per heavy atom. The number of hydrogen-bond donors (Lipinski definition) is 4. The lowest BCUT2D eigenvalue weighted by Gasteiger charge is -2.11. The molecular weight excluding hydrogens is 532 g/mol. The van der Waals surface area contributed by atoms with E-state index in [1.807, 2.05) is 0 Å². The molecule has 0 saturated heterocycles. The molecule has 0 aliphatic carbocycles. The first-order valence-corrected chi connectivity index (χ1v) is 17.9. The summed E-state index contributed by atoms with van der Waals surface area (Å²) in [5.74, 6) is -0.252. The van der Waals surface area contributed by atoms with E-state index in [-0.39, 0.29) is 5.97 Å². The second kappa shape index (κ2) is 29.2. The average Bonchev–Trinajstić information content (AvgIpc) is 2.79. The van der Waals surface area contributed by atoms with Crippen LogP contribution in [0.3, 0.4) is 0 Å². The molecule has 0 heterocycles. The van der Waals surface area contributed by atoms with E-state index in [1.54, 1.807) is 0 Å². The van der Waals surface area contributed by atoms with Gasteiger partial charge in [-0.05, 0) is 25.8 Å². The Kier molecular flexibility index (Phi) is 32.0. The van der Waals surface area contributed by atoms with Gasteiger partial charge in [0, 0.05) is 0 Å². The van der Waals surface area contributed by atoms with Gasteiger partial charge in [0.1, 0.15) is 6.04 Å². The van der Waals surface area contributed by atoms with Gasteiger partial charge in [-0.1, -0.05) is 110 Å². The molecule has 1 atom stereocenters. The summed E-state index contributed by atoms with van der Waals surface area (Å²) in [5, 5.41) is 0. The lowest BCUT2D eigenvalue weighted by atomic mass is 10.0. The summed E-state index contributed by atoms with van der Waals surface area (Å²) < 4.78 is 57.0. The molecule has 0 radical (unpaired) electrons. The monoisotopic (exact) mass is 590 g/mol. The van der Waals surface area contributed by atoms with Gasteiger partial charge < -0.3 is 16.2 Å². The molecule has 0 saturated carbocycles. The zero-order valence-corrected chi connectivity index (χ0v) is 25.9. The predicted molar refractivity (Wildman–Crippen MR) is 156 cm³/mol. The first-order valence-electron chi connectivity index (χ1n) is 14.2. The quantitative estimate of drug-likeness (QED) is 0.0736. The van der Waals surface area contributed by atoms with Crippen molar-refractivity contribution >= 4 is 26.2 Å². The maximum absolute atomic E-state index is 11.7. The molecule has 232 valence electrons. The van der Waals surface area contributed by atoms with E-state index in [9.17, 15) is 21.6 Å². The van der Waals surface area contributed by atoms with Crippen LogP contribution in [0.2, 0.25) is 0 Å². The number of ether oxygens (including phenoxy) is 1. The fraction of sp³-hybridized carbons (Fsp3) is 0.962. The summed E-state index contributed by atoms with van der Waals surface area (Å²) in [7, 11) is -7.33. The fourth-order valence-corrected chi connectivity index (χ4v) is 3.56. The third-order valence-electron chi connectivity index (χ3n) is 5.51. The molecule has 0 rings (SSSR count). The van der Waals surface area contributed by atoms with E-state index in [4.69, 9.17) is 25.3 Å². The topological polar surface area (TPSA) is 187 Å². The molecule has 12 heteroatoms. The molecule has 0 aromatic heterocycles. The van der Waals surface area contributed by atoms with Crippen LogP contribution in [0, 0.1) is 0 Å². The van der Waals surface area contributed by atoms with Crippen molar-refractivity contribution in [2.45, 2.75) is 135 Å². The number of hydrogen-bond acceptors (Lipinski definition) is 8. The molecule has 0 aliphatic heterocycles. The van der Waals surface area contributed by atoms with E-state index >= 15 is 0 Å². The Bertz CT molecular complexity index is 671. The normalized spacial score (nSPS) is 12.1. The van der Waals surface area contributed by atoms with Gasteiger partial charge in [0.2, 0.25) is 0 Å². The van der Waals surface area contributed by atoms with Gasteiger partial charge in [-0.2, -0.15) is 16.8 Å². The van der Waals surface area contributed by atoms with Crippen molar-refractivity contribution in [1.29, 1.82) is 0 Å². The summed E-state index contributed by atoms with van der Waals surface area (Å²) in [6.07, 6.45) is 25.5. The van der Waals surface area contributed by atoms with E-state index in [0.29, 0.717) is 32.1 Å². The number of carbonyl (C=O) groups is 1. The van der Waals surface area contributed by atoms with Crippen LogP contribution in [0.25, 0.3) is 0 Å². The van der Waals surface area contributed by atoms with Crippen LogP contribution in [0.4, 0.5) is 0 Å². The highest BCUT2D eigenvalue weighted by Gasteiger charge is 2.13. The second-order valence-electron chi connectivity index (χ2n) is 9.83. The number of esters is 1. The predicted octanol–water partition coefficient (Wildman–Crippen LogP) is 5.26. The summed E-state index contributed by atoms with van der Waals surface area (Å²) in [4.78, 5) is 11.7. The Labute approximate surface area is 233 Å². The molecule has 0 spiro atoms. The van der Waals surface area contributed by atoms with Crippen molar-refractivity contribution in [2.24, 2.45) is 11.5 Å². The van der Waals surface area contributed by atoms with Gasteiger partial charge in [0.25, 0.3) is 20.2 Å². The Morgan fingerprint density at radius 2 is 0.974 bits per heavy atom. The molecule has 0 aromatic rings. The van der Waals surface area contributed by atoms with E-state index in [0.717, 1.165) is 25.7 Å². The number of rotatable bonds is 22. The molecule has 0 unspecified atom stereocenters. The summed E-state index contributed by atoms with van der Waals surface area (Å²) in [6, 6.07) is -0.479. The summed E-state index contributed by atoms with van der Waals surface area (Å²) >= 11 is 0. The van der Waals surface area contributed by atoms with E-state index < -0.39 is 26.3 Å². The molecule has 6 N–H and O–H groups in total. The van der Waals surface area contributed by atoms with Crippen molar-refractivity contribution in [3.63, 3.8) is 0 Å². The second-order valence-corrected chi connectivity index (χ2v) is 12.8. The molecule has 0 aliphatic rings. The fourth-order valence-electron chi connectivity index (χ4n) is 3.56. The molecule has 0 amide bonds. The van der Waals surface area contributed by atoms with Crippen LogP contribution in [0.1, 0.15) is 129 Å². The van der Waals surface area contributed by atoms with Gasteiger partial charge in [-0.15, -0.1) is 0 Å². The third-order valence-corrected chi connectivity index (χ3v) is 5.51. The van der Waals surface area contributed by atoms with Crippen molar-refractivity contribution in [1.82, 2.24) is 0 Å². The maximum atomic E-state index is 11.7. The average molecular weight is 591 g/mol. The van der Waals surface area contributed by atoms with Crippen molar-refractivity contribution in [3.8, 4) is 0 Å². The molecule has 0 bridgehead atoms. The standard InChI is InChI=1S/C24H50N2O2.2CH4O3S/c1-2-3-4-5-6-7-8-9-10-11-12-13-14-15-16-19-22-28-24(27)23(26)20-17-18-21-25;2*1-5(2,3)4/h23H,2-22,25-26H2,1H3;2*1H3,(H,2,3,4)/t23-;;/m0../s1. The van der Waals surface area contributed by atoms with Gasteiger partial charge in [-0.3, -0.25) is 13.9 Å². The van der Waals surface area contributed by atoms with Crippen molar-refractivity contribution in [2.75, 3.05) is 25.7 Å². The van der Waals surface area contributed by atoms with Crippen LogP contribution < -0.4 is 11.5 Å². The Morgan fingerprint density at radius 1 is 0.658 bits per heavy atom. The Balaban J connectivity index is -0.00000103. The molecule has 10 nitrogen and oxygen atoms in total. The SMILES string of the molecule is CCCCCCCCCCCCCCCCCCOC(=O)[C@@H](N)CCCCN.CS(=O)(=O)O.CS(=O)(=O)O. The minimum absolute atomic E-state index is 0.252. The van der Waals surface area contributed by atoms with Crippen LogP contribution in [-0.4, -0.2) is 63.6 Å². The molecule has 0 aromatic carbocycles. The number of nitrogens with two attached hydrogens (primary N) is 2. The first kappa shape index (κ1) is 41.7. The van der Waals surface area contributed by atoms with Crippen LogP contribution in [0.5, 0.6) is 0 Å². The van der Waals surface area contributed by atoms with Crippen LogP contribution in [-0.2, 0) is 29.8 Å². The lowest BCUT2D eigenvalue weighted by molar-refractivity contribution is -0.145. The highest BCUT2D eigenvalue weighted by molar-refractivity contribution is 7.85. The summed E-state index contributed by atoms with van der Waals surface area (Å²) in [5.41, 5.74) is 11.3. The first-order chi connectivity index (χ1) is 17.7. The van der Waals surface area contributed by atoms with E-state index in [1.165, 1.54) is 89.9 Å². The highest BCUT2D eigenvalue weighted by atomic mass is 32.2. The molecular formula is C26H58N2O8S2. The number of carbonyl (C=O) groups excluding carboxylic acids is 1. The van der Waals surface area contributed by atoms with Gasteiger partial charge >= 0.3 is 5.97 Å².